The fourth-order valence-corrected chi connectivity index (χ4v) is 3.06. The summed E-state index contributed by atoms with van der Waals surface area (Å²) >= 11 is 1.53. The second-order valence-electron chi connectivity index (χ2n) is 5.15. The maximum absolute atomic E-state index is 12.3. The van der Waals surface area contributed by atoms with Crippen molar-refractivity contribution in [3.8, 4) is 0 Å². The van der Waals surface area contributed by atoms with E-state index in [-0.39, 0.29) is 5.91 Å². The second kappa shape index (κ2) is 6.36. The first kappa shape index (κ1) is 14.2. The van der Waals surface area contributed by atoms with Gasteiger partial charge in [-0.15, -0.1) is 11.3 Å². The zero-order valence-corrected chi connectivity index (χ0v) is 12.9. The SMILES string of the molecule is Cc1nc(C(=O)N2CCN(CCn3cccn3)CC2)cs1. The molecule has 0 N–H and O–H groups in total. The molecule has 1 aliphatic rings. The number of hydrogen-bond donors (Lipinski definition) is 0. The van der Waals surface area contributed by atoms with Crippen LogP contribution in [0, 0.1) is 6.92 Å². The van der Waals surface area contributed by atoms with E-state index in [0.29, 0.717) is 5.69 Å². The van der Waals surface area contributed by atoms with Gasteiger partial charge in [-0.25, -0.2) is 4.98 Å². The highest BCUT2D eigenvalue weighted by Crippen LogP contribution is 2.12. The molecule has 3 heterocycles. The van der Waals surface area contributed by atoms with Gasteiger partial charge in [-0.2, -0.15) is 5.10 Å². The third-order valence-electron chi connectivity index (χ3n) is 3.70. The predicted octanol–water partition coefficient (Wildman–Crippen LogP) is 1.11. The molecule has 1 fully saturated rings. The summed E-state index contributed by atoms with van der Waals surface area (Å²) in [5, 5.41) is 6.99. The zero-order valence-electron chi connectivity index (χ0n) is 12.1. The van der Waals surface area contributed by atoms with Gasteiger partial charge < -0.3 is 4.90 Å². The van der Waals surface area contributed by atoms with Crippen molar-refractivity contribution in [1.82, 2.24) is 24.6 Å². The van der Waals surface area contributed by atoms with Crippen LogP contribution in [-0.2, 0) is 6.54 Å². The van der Waals surface area contributed by atoms with Crippen LogP contribution in [0.5, 0.6) is 0 Å². The van der Waals surface area contributed by atoms with Gasteiger partial charge in [0, 0.05) is 50.5 Å². The number of amides is 1. The highest BCUT2D eigenvalue weighted by atomic mass is 32.1. The van der Waals surface area contributed by atoms with Gasteiger partial charge in [0.2, 0.25) is 0 Å². The Kier molecular flexibility index (Phi) is 4.31. The molecule has 6 nitrogen and oxygen atoms in total. The second-order valence-corrected chi connectivity index (χ2v) is 6.22. The van der Waals surface area contributed by atoms with Crippen molar-refractivity contribution in [3.63, 3.8) is 0 Å². The summed E-state index contributed by atoms with van der Waals surface area (Å²) in [4.78, 5) is 20.9. The Hall–Kier alpha value is -1.73. The number of rotatable bonds is 4. The van der Waals surface area contributed by atoms with Crippen LogP contribution in [0.25, 0.3) is 0 Å². The fraction of sp³-hybridized carbons (Fsp3) is 0.500. The van der Waals surface area contributed by atoms with Crippen LogP contribution in [0.3, 0.4) is 0 Å². The Labute approximate surface area is 128 Å². The minimum absolute atomic E-state index is 0.0612. The molecule has 0 atom stereocenters. The van der Waals surface area contributed by atoms with Gasteiger partial charge in [0.05, 0.1) is 11.6 Å². The maximum atomic E-state index is 12.3. The standard InChI is InChI=1S/C14H19N5OS/c1-12-16-13(11-21-12)14(20)18-8-5-17(6-9-18)7-10-19-4-2-3-15-19/h2-4,11H,5-10H2,1H3. The van der Waals surface area contributed by atoms with Crippen LogP contribution in [-0.4, -0.2) is 63.2 Å². The maximum Gasteiger partial charge on any atom is 0.273 e. The quantitative estimate of drug-likeness (QED) is 0.849. The first-order valence-electron chi connectivity index (χ1n) is 7.13. The number of aromatic nitrogens is 3. The molecule has 2 aromatic heterocycles. The number of carbonyl (C=O) groups is 1. The minimum atomic E-state index is 0.0612. The Morgan fingerprint density at radius 3 is 2.71 bits per heavy atom. The molecule has 112 valence electrons. The molecule has 21 heavy (non-hydrogen) atoms. The molecular formula is C14H19N5OS. The molecule has 0 aliphatic carbocycles. The lowest BCUT2D eigenvalue weighted by molar-refractivity contribution is 0.0627. The topological polar surface area (TPSA) is 54.3 Å². The van der Waals surface area contributed by atoms with Gasteiger partial charge in [0.1, 0.15) is 5.69 Å². The van der Waals surface area contributed by atoms with Crippen molar-refractivity contribution in [2.45, 2.75) is 13.5 Å². The Bertz CT molecular complexity index is 586. The number of thiazole rings is 1. The van der Waals surface area contributed by atoms with E-state index in [1.54, 1.807) is 6.20 Å². The van der Waals surface area contributed by atoms with Gasteiger partial charge in [0.15, 0.2) is 0 Å². The van der Waals surface area contributed by atoms with Crippen LogP contribution in [0.1, 0.15) is 15.5 Å². The number of aryl methyl sites for hydroxylation is 1. The smallest absolute Gasteiger partial charge is 0.273 e. The molecule has 0 saturated carbocycles. The van der Waals surface area contributed by atoms with Crippen LogP contribution >= 0.6 is 11.3 Å². The van der Waals surface area contributed by atoms with E-state index in [1.807, 2.05) is 34.1 Å². The van der Waals surface area contributed by atoms with Gasteiger partial charge >= 0.3 is 0 Å². The molecule has 1 amide bonds. The van der Waals surface area contributed by atoms with E-state index in [2.05, 4.69) is 15.0 Å². The zero-order chi connectivity index (χ0) is 14.7. The predicted molar refractivity (Wildman–Crippen MR) is 81.4 cm³/mol. The van der Waals surface area contributed by atoms with Crippen molar-refractivity contribution in [1.29, 1.82) is 0 Å². The molecule has 0 unspecified atom stereocenters. The van der Waals surface area contributed by atoms with Crippen molar-refractivity contribution in [2.75, 3.05) is 32.7 Å². The molecule has 0 bridgehead atoms. The number of piperazine rings is 1. The number of hydrogen-bond acceptors (Lipinski definition) is 5. The lowest BCUT2D eigenvalue weighted by Crippen LogP contribution is -2.49. The van der Waals surface area contributed by atoms with E-state index in [9.17, 15) is 4.79 Å². The molecule has 7 heteroatoms. The summed E-state index contributed by atoms with van der Waals surface area (Å²) in [6, 6.07) is 1.94. The molecule has 0 spiro atoms. The summed E-state index contributed by atoms with van der Waals surface area (Å²) < 4.78 is 1.94. The van der Waals surface area contributed by atoms with E-state index in [4.69, 9.17) is 0 Å². The third-order valence-corrected chi connectivity index (χ3v) is 4.48. The Morgan fingerprint density at radius 1 is 1.29 bits per heavy atom. The fourth-order valence-electron chi connectivity index (χ4n) is 2.47. The van der Waals surface area contributed by atoms with E-state index in [0.717, 1.165) is 44.3 Å². The molecule has 1 saturated heterocycles. The number of nitrogens with zero attached hydrogens (tertiary/aromatic N) is 5. The first-order valence-corrected chi connectivity index (χ1v) is 8.01. The van der Waals surface area contributed by atoms with Crippen LogP contribution in [0.15, 0.2) is 23.8 Å². The lowest BCUT2D eigenvalue weighted by Gasteiger charge is -2.34. The van der Waals surface area contributed by atoms with Gasteiger partial charge in [-0.3, -0.25) is 14.4 Å². The molecule has 1 aliphatic heterocycles. The van der Waals surface area contributed by atoms with Gasteiger partial charge in [0.25, 0.3) is 5.91 Å². The molecular weight excluding hydrogens is 286 g/mol. The summed E-state index contributed by atoms with van der Waals surface area (Å²) in [5.74, 6) is 0.0612. The van der Waals surface area contributed by atoms with E-state index >= 15 is 0 Å². The van der Waals surface area contributed by atoms with Crippen LogP contribution < -0.4 is 0 Å². The summed E-state index contributed by atoms with van der Waals surface area (Å²) in [7, 11) is 0. The van der Waals surface area contributed by atoms with Crippen LogP contribution in [0.4, 0.5) is 0 Å². The van der Waals surface area contributed by atoms with Gasteiger partial charge in [-0.1, -0.05) is 0 Å². The van der Waals surface area contributed by atoms with Crippen molar-refractivity contribution in [2.24, 2.45) is 0 Å². The lowest BCUT2D eigenvalue weighted by atomic mass is 10.3. The number of carbonyl (C=O) groups excluding carboxylic acids is 1. The normalized spacial score (nSPS) is 16.3. The summed E-state index contributed by atoms with van der Waals surface area (Å²) in [6.07, 6.45) is 3.77. The molecule has 0 aromatic carbocycles. The average Bonchev–Trinajstić information content (AvgIpc) is 3.16. The van der Waals surface area contributed by atoms with Gasteiger partial charge in [-0.05, 0) is 13.0 Å². The Morgan fingerprint density at radius 2 is 2.10 bits per heavy atom. The van der Waals surface area contributed by atoms with Crippen LogP contribution in [0.2, 0.25) is 0 Å². The van der Waals surface area contributed by atoms with Crippen molar-refractivity contribution < 1.29 is 4.79 Å². The summed E-state index contributed by atoms with van der Waals surface area (Å²) in [5.41, 5.74) is 0.586. The Balaban J connectivity index is 1.47. The van der Waals surface area contributed by atoms with Crippen molar-refractivity contribution in [3.05, 3.63) is 34.5 Å². The molecule has 3 rings (SSSR count). The highest BCUT2D eigenvalue weighted by Gasteiger charge is 2.23. The highest BCUT2D eigenvalue weighted by molar-refractivity contribution is 7.09. The van der Waals surface area contributed by atoms with Crippen molar-refractivity contribution >= 4 is 17.2 Å². The van der Waals surface area contributed by atoms with E-state index < -0.39 is 0 Å². The first-order chi connectivity index (χ1) is 10.2. The van der Waals surface area contributed by atoms with E-state index in [1.165, 1.54) is 11.3 Å². The monoisotopic (exact) mass is 305 g/mol. The molecule has 0 radical (unpaired) electrons. The molecule has 2 aromatic rings. The summed E-state index contributed by atoms with van der Waals surface area (Å²) in [6.45, 7) is 7.16. The minimum Gasteiger partial charge on any atom is -0.335 e. The largest absolute Gasteiger partial charge is 0.335 e. The third kappa shape index (κ3) is 3.48. The average molecular weight is 305 g/mol.